The van der Waals surface area contributed by atoms with Crippen LogP contribution in [0.1, 0.15) is 87.6 Å². The summed E-state index contributed by atoms with van der Waals surface area (Å²) in [6.45, 7) is 8.02. The van der Waals surface area contributed by atoms with Gasteiger partial charge in [0, 0.05) is 31.7 Å². The van der Waals surface area contributed by atoms with Gasteiger partial charge in [0.1, 0.15) is 0 Å². The van der Waals surface area contributed by atoms with Crippen molar-refractivity contribution in [3.05, 3.63) is 123 Å². The maximum Gasteiger partial charge on any atom is 0.275 e. The summed E-state index contributed by atoms with van der Waals surface area (Å²) in [4.78, 5) is 45.4. The molecule has 3 amide bonds. The Kier molecular flexibility index (Phi) is 11.3. The van der Waals surface area contributed by atoms with Crippen molar-refractivity contribution < 1.29 is 22.8 Å². The zero-order valence-corrected chi connectivity index (χ0v) is 32.0. The average Bonchev–Trinajstić information content (AvgIpc) is 3.46. The molecule has 1 N–H and O–H groups in total. The third-order valence-corrected chi connectivity index (χ3v) is 11.8. The molecule has 0 saturated carbocycles. The number of unbranched alkanes of at least 4 members (excludes halogenated alkanes) is 2. The van der Waals surface area contributed by atoms with E-state index in [0.29, 0.717) is 48.5 Å². The molecule has 0 aliphatic carbocycles. The minimum absolute atomic E-state index is 0.0145. The number of amides is 3. The largest absolute Gasteiger partial charge is 0.337 e. The first kappa shape index (κ1) is 37.0. The summed E-state index contributed by atoms with van der Waals surface area (Å²) in [5.74, 6) is -1.43. The molecule has 1 aliphatic rings. The van der Waals surface area contributed by atoms with Crippen LogP contribution in [-0.4, -0.2) is 65.4 Å². The molecule has 0 atom stereocenters. The molecule has 10 nitrogen and oxygen atoms in total. The highest BCUT2D eigenvalue weighted by atomic mass is 79.9. The van der Waals surface area contributed by atoms with Crippen LogP contribution in [0.5, 0.6) is 0 Å². The van der Waals surface area contributed by atoms with E-state index in [4.69, 9.17) is 5.10 Å². The Morgan fingerprint density at radius 1 is 0.865 bits per heavy atom. The Morgan fingerprint density at radius 3 is 2.25 bits per heavy atom. The maximum absolute atomic E-state index is 14.4. The number of nitrogens with one attached hydrogen (secondary N) is 1. The molecule has 1 aliphatic heterocycles. The molecule has 6 rings (SSSR count). The molecule has 12 heteroatoms. The third-order valence-electron chi connectivity index (χ3n) is 9.49. The van der Waals surface area contributed by atoms with Crippen LogP contribution in [0.15, 0.2) is 94.3 Å². The number of rotatable bonds is 12. The Balaban J connectivity index is 1.38. The van der Waals surface area contributed by atoms with E-state index in [1.807, 2.05) is 41.3 Å². The number of carbonyl (C=O) groups excluding carboxylic acids is 3. The van der Waals surface area contributed by atoms with E-state index in [9.17, 15) is 22.8 Å². The standard InChI is InChI=1S/C40H42BrN5O5S/c1-4-6-21-44(22-7-5-2)40(49)37-36(41)27(3)46(42-37)35-19-17-31(25-34(35)39(48)45-23-20-29-13-9-11-15-32(29)26-45)38(47)43-52(50,51)33-18-16-28-12-8-10-14-30(28)24-33/h8-19,24-25H,4-7,20-23,26H2,1-3H3,(H,43,47). The van der Waals surface area contributed by atoms with Crippen molar-refractivity contribution in [2.45, 2.75) is 64.3 Å². The number of halogens is 1. The molecule has 0 unspecified atom stereocenters. The van der Waals surface area contributed by atoms with Crippen LogP contribution in [0.2, 0.25) is 0 Å². The van der Waals surface area contributed by atoms with Crippen molar-refractivity contribution in [2.75, 3.05) is 19.6 Å². The smallest absolute Gasteiger partial charge is 0.275 e. The van der Waals surface area contributed by atoms with E-state index in [1.54, 1.807) is 34.7 Å². The monoisotopic (exact) mass is 783 g/mol. The number of hydrogen-bond donors (Lipinski definition) is 1. The molecule has 1 aromatic heterocycles. The van der Waals surface area contributed by atoms with Crippen LogP contribution < -0.4 is 4.72 Å². The van der Waals surface area contributed by atoms with Gasteiger partial charge in [-0.3, -0.25) is 14.4 Å². The van der Waals surface area contributed by atoms with Crippen LogP contribution >= 0.6 is 15.9 Å². The highest BCUT2D eigenvalue weighted by molar-refractivity contribution is 9.10. The van der Waals surface area contributed by atoms with Gasteiger partial charge in [-0.2, -0.15) is 5.10 Å². The quantitative estimate of drug-likeness (QED) is 0.140. The van der Waals surface area contributed by atoms with Gasteiger partial charge in [0.15, 0.2) is 5.69 Å². The first-order chi connectivity index (χ1) is 25.0. The molecule has 4 aromatic carbocycles. The van der Waals surface area contributed by atoms with E-state index in [1.165, 1.54) is 29.8 Å². The van der Waals surface area contributed by atoms with Gasteiger partial charge in [0.05, 0.1) is 26.3 Å². The first-order valence-electron chi connectivity index (χ1n) is 17.6. The fourth-order valence-corrected chi connectivity index (χ4v) is 7.89. The van der Waals surface area contributed by atoms with Gasteiger partial charge in [-0.1, -0.05) is 81.3 Å². The van der Waals surface area contributed by atoms with Crippen molar-refractivity contribution in [3.63, 3.8) is 0 Å². The molecule has 52 heavy (non-hydrogen) atoms. The van der Waals surface area contributed by atoms with E-state index in [-0.39, 0.29) is 33.5 Å². The lowest BCUT2D eigenvalue weighted by molar-refractivity contribution is 0.0732. The summed E-state index contributed by atoms with van der Waals surface area (Å²) >= 11 is 3.61. The fraction of sp³-hybridized carbons (Fsp3) is 0.300. The van der Waals surface area contributed by atoms with Gasteiger partial charge in [-0.15, -0.1) is 0 Å². The van der Waals surface area contributed by atoms with Crippen molar-refractivity contribution in [2.24, 2.45) is 0 Å². The molecular formula is C40H42BrN5O5S. The third kappa shape index (κ3) is 7.68. The Hall–Kier alpha value is -4.81. The predicted octanol–water partition coefficient (Wildman–Crippen LogP) is 7.46. The highest BCUT2D eigenvalue weighted by Gasteiger charge is 2.30. The first-order valence-corrected chi connectivity index (χ1v) is 19.9. The average molecular weight is 785 g/mol. The normalized spacial score (nSPS) is 12.8. The number of aromatic nitrogens is 2. The van der Waals surface area contributed by atoms with Crippen LogP contribution in [0.3, 0.4) is 0 Å². The second-order valence-corrected chi connectivity index (χ2v) is 15.6. The molecule has 0 fully saturated rings. The van der Waals surface area contributed by atoms with Crippen LogP contribution in [0.4, 0.5) is 0 Å². The van der Waals surface area contributed by atoms with Crippen LogP contribution in [0.25, 0.3) is 16.5 Å². The van der Waals surface area contributed by atoms with Crippen molar-refractivity contribution >= 4 is 54.4 Å². The van der Waals surface area contributed by atoms with Gasteiger partial charge in [-0.25, -0.2) is 17.8 Å². The van der Waals surface area contributed by atoms with E-state index in [0.717, 1.165) is 42.0 Å². The number of benzene rings is 4. The molecule has 0 radical (unpaired) electrons. The van der Waals surface area contributed by atoms with Gasteiger partial charge < -0.3 is 9.80 Å². The Bertz CT molecular complexity index is 2260. The van der Waals surface area contributed by atoms with Gasteiger partial charge >= 0.3 is 0 Å². The van der Waals surface area contributed by atoms with E-state index >= 15 is 0 Å². The number of sulfonamides is 1. The number of nitrogens with zero attached hydrogens (tertiary/aromatic N) is 4. The Morgan fingerprint density at radius 2 is 1.54 bits per heavy atom. The molecule has 5 aromatic rings. The molecule has 0 bridgehead atoms. The predicted molar refractivity (Wildman–Crippen MR) is 205 cm³/mol. The van der Waals surface area contributed by atoms with Crippen molar-refractivity contribution in [1.82, 2.24) is 24.3 Å². The molecule has 0 saturated heterocycles. The molecule has 2 heterocycles. The summed E-state index contributed by atoms with van der Waals surface area (Å²) in [6.07, 6.45) is 4.29. The van der Waals surface area contributed by atoms with E-state index < -0.39 is 15.9 Å². The van der Waals surface area contributed by atoms with Crippen molar-refractivity contribution in [1.29, 1.82) is 0 Å². The molecule has 270 valence electrons. The van der Waals surface area contributed by atoms with Gasteiger partial charge in [0.2, 0.25) is 0 Å². The lowest BCUT2D eigenvalue weighted by atomic mass is 9.98. The lowest BCUT2D eigenvalue weighted by Crippen LogP contribution is -2.37. The second-order valence-electron chi connectivity index (χ2n) is 13.1. The zero-order valence-electron chi connectivity index (χ0n) is 29.6. The lowest BCUT2D eigenvalue weighted by Gasteiger charge is -2.29. The summed E-state index contributed by atoms with van der Waals surface area (Å²) in [5.41, 5.74) is 3.54. The van der Waals surface area contributed by atoms with Crippen molar-refractivity contribution in [3.8, 4) is 5.69 Å². The number of carbonyl (C=O) groups is 3. The van der Waals surface area contributed by atoms with Crippen LogP contribution in [-0.2, 0) is 23.0 Å². The summed E-state index contributed by atoms with van der Waals surface area (Å²) in [7, 11) is -4.25. The second kappa shape index (κ2) is 15.8. The maximum atomic E-state index is 14.4. The van der Waals surface area contributed by atoms with Crippen LogP contribution in [0, 0.1) is 6.92 Å². The minimum Gasteiger partial charge on any atom is -0.337 e. The summed E-state index contributed by atoms with van der Waals surface area (Å²) in [6, 6.07) is 24.4. The minimum atomic E-state index is -4.25. The molecular weight excluding hydrogens is 742 g/mol. The summed E-state index contributed by atoms with van der Waals surface area (Å²) < 4.78 is 31.1. The number of fused-ring (bicyclic) bond motifs is 2. The number of hydrogen-bond acceptors (Lipinski definition) is 6. The van der Waals surface area contributed by atoms with Gasteiger partial charge in [-0.05, 0) is 94.3 Å². The highest BCUT2D eigenvalue weighted by Crippen LogP contribution is 2.30. The topological polar surface area (TPSA) is 122 Å². The Labute approximate surface area is 313 Å². The summed E-state index contributed by atoms with van der Waals surface area (Å²) in [5, 5.41) is 6.34. The fourth-order valence-electron chi connectivity index (χ4n) is 6.46. The van der Waals surface area contributed by atoms with Gasteiger partial charge in [0.25, 0.3) is 27.7 Å². The SMILES string of the molecule is CCCCN(CCCC)C(=O)c1nn(-c2ccc(C(=O)NS(=O)(=O)c3ccc4ccccc4c3)cc2C(=O)N2CCc3ccccc3C2)c(C)c1Br. The zero-order chi connectivity index (χ0) is 37.0. The van der Waals surface area contributed by atoms with E-state index in [2.05, 4.69) is 40.6 Å². The molecule has 0 spiro atoms.